The Kier molecular flexibility index (Phi) is 7.39. The van der Waals surface area contributed by atoms with E-state index in [0.717, 1.165) is 37.8 Å². The van der Waals surface area contributed by atoms with Crippen LogP contribution in [-0.4, -0.2) is 34.6 Å². The fraction of sp³-hybridized carbons (Fsp3) is 0.727. The first kappa shape index (κ1) is 22.2. The van der Waals surface area contributed by atoms with Gasteiger partial charge in [-0.2, -0.15) is 0 Å². The van der Waals surface area contributed by atoms with Gasteiger partial charge in [-0.05, 0) is 67.9 Å². The van der Waals surface area contributed by atoms with Gasteiger partial charge in [0.05, 0.1) is 17.5 Å². The monoisotopic (exact) mass is 392 g/mol. The Morgan fingerprint density at radius 1 is 1.15 bits per heavy atom. The molecule has 0 bridgehead atoms. The van der Waals surface area contributed by atoms with Gasteiger partial charge in [-0.1, -0.05) is 33.8 Å². The van der Waals surface area contributed by atoms with Gasteiger partial charge in [-0.15, -0.1) is 0 Å². The van der Waals surface area contributed by atoms with E-state index < -0.39 is 8.32 Å². The van der Waals surface area contributed by atoms with Crippen LogP contribution in [0.4, 0.5) is 11.4 Å². The molecular formula is C22H40N2O2Si. The van der Waals surface area contributed by atoms with Gasteiger partial charge in [0.1, 0.15) is 0 Å². The summed E-state index contributed by atoms with van der Waals surface area (Å²) in [5, 5.41) is 5.98. The van der Waals surface area contributed by atoms with Gasteiger partial charge in [0.2, 0.25) is 8.32 Å². The molecule has 1 saturated carbocycles. The van der Waals surface area contributed by atoms with Crippen LogP contribution in [0.5, 0.6) is 0 Å². The Labute approximate surface area is 167 Å². The van der Waals surface area contributed by atoms with E-state index >= 15 is 0 Å². The van der Waals surface area contributed by atoms with Crippen molar-refractivity contribution in [1.29, 1.82) is 0 Å². The summed E-state index contributed by atoms with van der Waals surface area (Å²) < 4.78 is 12.1. The molecule has 154 valence electrons. The number of ether oxygens (including phenoxy) is 1. The molecule has 2 rings (SSSR count). The fourth-order valence-electron chi connectivity index (χ4n) is 3.37. The number of benzene rings is 1. The summed E-state index contributed by atoms with van der Waals surface area (Å²) in [7, 11) is 2.00. The number of hydrogen-bond donors (Lipinski definition) is 1. The van der Waals surface area contributed by atoms with Crippen molar-refractivity contribution in [1.82, 2.24) is 0 Å². The molecule has 0 atom stereocenters. The van der Waals surface area contributed by atoms with E-state index in [1.807, 2.05) is 12.2 Å². The first-order valence-electron chi connectivity index (χ1n) is 10.4. The highest BCUT2D eigenvalue weighted by atomic mass is 28.4. The maximum atomic E-state index is 6.56. The van der Waals surface area contributed by atoms with Crippen molar-refractivity contribution < 1.29 is 9.26 Å². The van der Waals surface area contributed by atoms with Gasteiger partial charge in [0, 0.05) is 20.2 Å². The number of nitrogens with zero attached hydrogens (tertiary/aromatic N) is 1. The second kappa shape index (κ2) is 8.97. The highest BCUT2D eigenvalue weighted by molar-refractivity contribution is 6.74. The zero-order valence-electron chi connectivity index (χ0n) is 18.7. The predicted molar refractivity (Wildman–Crippen MR) is 119 cm³/mol. The maximum Gasteiger partial charge on any atom is 0.228 e. The number of hydroxylamine groups is 1. The third-order valence-electron chi connectivity index (χ3n) is 6.35. The van der Waals surface area contributed by atoms with Crippen LogP contribution in [0.25, 0.3) is 0 Å². The summed E-state index contributed by atoms with van der Waals surface area (Å²) in [6.07, 6.45) is 6.02. The summed E-state index contributed by atoms with van der Waals surface area (Å²) >= 11 is 0. The summed E-state index contributed by atoms with van der Waals surface area (Å²) in [6.45, 7) is 13.6. The zero-order valence-corrected chi connectivity index (χ0v) is 19.7. The Morgan fingerprint density at radius 3 is 2.30 bits per heavy atom. The molecule has 0 amide bonds. The second-order valence-electron chi connectivity index (χ2n) is 9.41. The first-order valence-corrected chi connectivity index (χ1v) is 13.3. The molecule has 1 aromatic rings. The van der Waals surface area contributed by atoms with Crippen LogP contribution in [0.1, 0.15) is 58.9 Å². The third kappa shape index (κ3) is 5.72. The molecule has 1 aliphatic rings. The lowest BCUT2D eigenvalue weighted by atomic mass is 9.92. The van der Waals surface area contributed by atoms with Crippen LogP contribution < -0.4 is 10.4 Å². The maximum absolute atomic E-state index is 6.56. The molecule has 1 aliphatic carbocycles. The average Bonchev–Trinajstić information content (AvgIpc) is 2.61. The molecule has 27 heavy (non-hydrogen) atoms. The van der Waals surface area contributed by atoms with Crippen molar-refractivity contribution in [2.24, 2.45) is 0 Å². The van der Waals surface area contributed by atoms with Crippen molar-refractivity contribution in [3.05, 3.63) is 23.8 Å². The molecular weight excluding hydrogens is 352 g/mol. The molecule has 0 saturated heterocycles. The second-order valence-corrected chi connectivity index (χ2v) is 14.1. The Hall–Kier alpha value is -1.04. The predicted octanol–water partition coefficient (Wildman–Crippen LogP) is 5.99. The molecule has 0 aliphatic heterocycles. The quantitative estimate of drug-likeness (QED) is 0.456. The molecule has 5 heteroatoms. The van der Waals surface area contributed by atoms with Crippen LogP contribution in [0.15, 0.2) is 18.2 Å². The highest BCUT2D eigenvalue weighted by Gasteiger charge is 2.39. The fourth-order valence-corrected chi connectivity index (χ4v) is 4.43. The van der Waals surface area contributed by atoms with Gasteiger partial charge >= 0.3 is 0 Å². The standard InChI is InChI=1S/C22H40N2O2Si/c1-9-17-10-15-20(23-18-11-13-19(25-6)14-12-18)21(16-17)24(5)26-27(7,8)22(2,3)4/h10,15-16,18-19,23H,9,11-14H2,1-8H3. The molecule has 1 N–H and O–H groups in total. The SMILES string of the molecule is CCc1ccc(NC2CCC(OC)CC2)c(N(C)O[Si](C)(C)C(C)(C)C)c1. The number of hydrogen-bond acceptors (Lipinski definition) is 4. The minimum absolute atomic E-state index is 0.176. The Bertz CT molecular complexity index is 605. The van der Waals surface area contributed by atoms with Crippen molar-refractivity contribution >= 4 is 19.7 Å². The number of aryl methyl sites for hydroxylation is 1. The number of anilines is 2. The third-order valence-corrected chi connectivity index (χ3v) is 10.7. The van der Waals surface area contributed by atoms with E-state index in [4.69, 9.17) is 9.26 Å². The zero-order chi connectivity index (χ0) is 20.2. The van der Waals surface area contributed by atoms with E-state index in [9.17, 15) is 0 Å². The number of nitrogens with one attached hydrogen (secondary N) is 1. The van der Waals surface area contributed by atoms with Crippen LogP contribution in [0.2, 0.25) is 18.1 Å². The Morgan fingerprint density at radius 2 is 1.78 bits per heavy atom. The largest absolute Gasteiger partial charge is 0.381 e. The topological polar surface area (TPSA) is 33.7 Å². The smallest absolute Gasteiger partial charge is 0.228 e. The van der Waals surface area contributed by atoms with E-state index in [2.05, 4.69) is 71.4 Å². The van der Waals surface area contributed by atoms with Gasteiger partial charge in [0.15, 0.2) is 0 Å². The van der Waals surface area contributed by atoms with Crippen LogP contribution in [0.3, 0.4) is 0 Å². The van der Waals surface area contributed by atoms with Crippen molar-refractivity contribution in [3.8, 4) is 0 Å². The minimum atomic E-state index is -1.89. The van der Waals surface area contributed by atoms with E-state index in [1.165, 1.54) is 11.3 Å². The lowest BCUT2D eigenvalue weighted by Crippen LogP contribution is -2.46. The van der Waals surface area contributed by atoms with Crippen LogP contribution in [0, 0.1) is 0 Å². The molecule has 1 fully saturated rings. The summed E-state index contributed by atoms with van der Waals surface area (Å²) in [6, 6.07) is 7.23. The van der Waals surface area contributed by atoms with E-state index in [1.54, 1.807) is 0 Å². The molecule has 0 heterocycles. The van der Waals surface area contributed by atoms with E-state index in [0.29, 0.717) is 12.1 Å². The van der Waals surface area contributed by atoms with Crippen molar-refractivity contribution in [3.63, 3.8) is 0 Å². The highest BCUT2D eigenvalue weighted by Crippen LogP contribution is 2.39. The molecule has 4 nitrogen and oxygen atoms in total. The lowest BCUT2D eigenvalue weighted by Gasteiger charge is -2.40. The molecule has 1 aromatic carbocycles. The average molecular weight is 393 g/mol. The first-order chi connectivity index (χ1) is 12.6. The minimum Gasteiger partial charge on any atom is -0.381 e. The summed E-state index contributed by atoms with van der Waals surface area (Å²) in [5.41, 5.74) is 3.66. The van der Waals surface area contributed by atoms with E-state index in [-0.39, 0.29) is 5.04 Å². The van der Waals surface area contributed by atoms with Gasteiger partial charge < -0.3 is 14.6 Å². The van der Waals surface area contributed by atoms with Crippen molar-refractivity contribution in [2.45, 2.75) is 90.1 Å². The molecule has 0 unspecified atom stereocenters. The molecule has 0 radical (unpaired) electrons. The summed E-state index contributed by atoms with van der Waals surface area (Å²) in [5.74, 6) is 0. The number of rotatable bonds is 7. The molecule has 0 aromatic heterocycles. The Balaban J connectivity index is 2.19. The molecule has 0 spiro atoms. The van der Waals surface area contributed by atoms with Gasteiger partial charge in [0.25, 0.3) is 0 Å². The van der Waals surface area contributed by atoms with Crippen LogP contribution in [-0.2, 0) is 15.7 Å². The van der Waals surface area contributed by atoms with Gasteiger partial charge in [-0.3, -0.25) is 5.06 Å². The van der Waals surface area contributed by atoms with Crippen LogP contribution >= 0.6 is 0 Å². The lowest BCUT2D eigenvalue weighted by molar-refractivity contribution is 0.0682. The van der Waals surface area contributed by atoms with Gasteiger partial charge in [-0.25, -0.2) is 0 Å². The summed E-state index contributed by atoms with van der Waals surface area (Å²) in [4.78, 5) is 0. The number of methoxy groups -OCH3 is 1. The van der Waals surface area contributed by atoms with Crippen molar-refractivity contribution in [2.75, 3.05) is 24.5 Å². The normalized spacial score (nSPS) is 21.2.